The number of sulfone groups is 1. The van der Waals surface area contributed by atoms with Crippen molar-refractivity contribution in [1.29, 1.82) is 5.26 Å². The van der Waals surface area contributed by atoms with Gasteiger partial charge in [-0.15, -0.1) is 11.6 Å². The van der Waals surface area contributed by atoms with Crippen LogP contribution in [0.3, 0.4) is 0 Å². The first-order valence-corrected chi connectivity index (χ1v) is 8.60. The number of aromatic nitrogens is 2. The molecule has 1 aromatic carbocycles. The fourth-order valence-electron chi connectivity index (χ4n) is 2.35. The lowest BCUT2D eigenvalue weighted by atomic mass is 10.2. The molecule has 7 heteroatoms. The molecule has 0 spiro atoms. The Morgan fingerprint density at radius 1 is 1.50 bits per heavy atom. The first-order chi connectivity index (χ1) is 9.37. The summed E-state index contributed by atoms with van der Waals surface area (Å²) in [6.45, 7) is 1.80. The number of nitriles is 1. The van der Waals surface area contributed by atoms with Gasteiger partial charge in [-0.2, -0.15) is 5.26 Å². The molecule has 0 fully saturated rings. The van der Waals surface area contributed by atoms with Crippen LogP contribution in [0, 0.1) is 11.3 Å². The van der Waals surface area contributed by atoms with Crippen molar-refractivity contribution >= 4 is 32.5 Å². The van der Waals surface area contributed by atoms with Crippen molar-refractivity contribution in [3.05, 3.63) is 29.6 Å². The third-order valence-electron chi connectivity index (χ3n) is 3.02. The van der Waals surface area contributed by atoms with E-state index in [2.05, 4.69) is 11.1 Å². The third-order valence-corrected chi connectivity index (χ3v) is 4.34. The highest BCUT2D eigenvalue weighted by Gasteiger charge is 2.20. The molecule has 0 aliphatic carbocycles. The summed E-state index contributed by atoms with van der Waals surface area (Å²) in [5, 5.41) is 9.11. The average molecular weight is 312 g/mol. The van der Waals surface area contributed by atoms with Crippen LogP contribution in [0.4, 0.5) is 0 Å². The molecule has 0 amide bonds. The summed E-state index contributed by atoms with van der Waals surface area (Å²) in [5.74, 6) is 0.729. The minimum atomic E-state index is -3.12. The number of rotatable bonds is 4. The summed E-state index contributed by atoms with van der Waals surface area (Å²) < 4.78 is 24.7. The van der Waals surface area contributed by atoms with Crippen LogP contribution >= 0.6 is 11.6 Å². The molecule has 0 aliphatic rings. The summed E-state index contributed by atoms with van der Waals surface area (Å²) in [7, 11) is -3.12. The van der Waals surface area contributed by atoms with Crippen LogP contribution < -0.4 is 0 Å². The number of fused-ring (bicyclic) bond motifs is 1. The summed E-state index contributed by atoms with van der Waals surface area (Å²) in [6, 6.07) is 7.04. The highest BCUT2D eigenvalue weighted by Crippen LogP contribution is 2.25. The van der Waals surface area contributed by atoms with E-state index in [4.69, 9.17) is 16.9 Å². The van der Waals surface area contributed by atoms with Crippen molar-refractivity contribution in [2.75, 3.05) is 12.0 Å². The molecule has 2 aromatic rings. The minimum absolute atomic E-state index is 0.000863. The molecule has 106 valence electrons. The molecular weight excluding hydrogens is 298 g/mol. The number of halogens is 1. The van der Waals surface area contributed by atoms with Crippen LogP contribution in [-0.2, 0) is 15.7 Å². The Bertz CT molecular complexity index is 790. The van der Waals surface area contributed by atoms with E-state index in [1.807, 2.05) is 6.07 Å². The Morgan fingerprint density at radius 2 is 2.20 bits per heavy atom. The normalized spacial score (nSPS) is 13.3. The minimum Gasteiger partial charge on any atom is -0.323 e. The summed E-state index contributed by atoms with van der Waals surface area (Å²) >= 11 is 5.90. The predicted octanol–water partition coefficient (Wildman–Crippen LogP) is 2.25. The van der Waals surface area contributed by atoms with Gasteiger partial charge in [0.05, 0.1) is 22.7 Å². The molecule has 20 heavy (non-hydrogen) atoms. The molecule has 0 radical (unpaired) electrons. The van der Waals surface area contributed by atoms with Gasteiger partial charge in [0, 0.05) is 12.3 Å². The molecule has 1 aromatic heterocycles. The zero-order chi connectivity index (χ0) is 14.9. The summed E-state index contributed by atoms with van der Waals surface area (Å²) in [6.07, 6.45) is 1.20. The number of benzene rings is 1. The lowest BCUT2D eigenvalue weighted by Crippen LogP contribution is -2.18. The molecule has 1 unspecified atom stereocenters. The molecule has 0 saturated heterocycles. The van der Waals surface area contributed by atoms with Gasteiger partial charge in [-0.25, -0.2) is 13.4 Å². The molecule has 0 bridgehead atoms. The van der Waals surface area contributed by atoms with Crippen molar-refractivity contribution in [2.24, 2.45) is 0 Å². The highest BCUT2D eigenvalue weighted by atomic mass is 35.5. The fourth-order valence-corrected chi connectivity index (χ4v) is 3.57. The standard InChI is InChI=1S/C13H14ClN3O2S/c1-9(8-20(2,18)19)17-11-5-3-4-10(7-15)13(11)16-12(17)6-14/h3-5,9H,6,8H2,1-2H3. The van der Waals surface area contributed by atoms with Crippen LogP contribution in [0.5, 0.6) is 0 Å². The first-order valence-electron chi connectivity index (χ1n) is 6.01. The van der Waals surface area contributed by atoms with Crippen LogP contribution in [0.1, 0.15) is 24.4 Å². The second-order valence-corrected chi connectivity index (χ2v) is 7.21. The lowest BCUT2D eigenvalue weighted by molar-refractivity contribution is 0.561. The molecule has 0 N–H and O–H groups in total. The number of imidazole rings is 1. The van der Waals surface area contributed by atoms with Gasteiger partial charge in [-0.1, -0.05) is 6.07 Å². The maximum absolute atomic E-state index is 11.5. The Hall–Kier alpha value is -1.58. The van der Waals surface area contributed by atoms with Crippen molar-refractivity contribution in [3.63, 3.8) is 0 Å². The van der Waals surface area contributed by atoms with Gasteiger partial charge >= 0.3 is 0 Å². The van der Waals surface area contributed by atoms with Gasteiger partial charge in [-0.05, 0) is 19.1 Å². The third kappa shape index (κ3) is 2.79. The van der Waals surface area contributed by atoms with E-state index in [-0.39, 0.29) is 17.7 Å². The van der Waals surface area contributed by atoms with Gasteiger partial charge < -0.3 is 4.57 Å². The van der Waals surface area contributed by atoms with Gasteiger partial charge in [-0.3, -0.25) is 0 Å². The van der Waals surface area contributed by atoms with Crippen molar-refractivity contribution in [3.8, 4) is 6.07 Å². The van der Waals surface area contributed by atoms with Crippen LogP contribution in [0.2, 0.25) is 0 Å². The number of hydrogen-bond acceptors (Lipinski definition) is 4. The first kappa shape index (κ1) is 14.8. The van der Waals surface area contributed by atoms with Crippen LogP contribution in [-0.4, -0.2) is 30.0 Å². The number of nitrogens with zero attached hydrogens (tertiary/aromatic N) is 3. The van der Waals surface area contributed by atoms with E-state index < -0.39 is 9.84 Å². The van der Waals surface area contributed by atoms with Crippen LogP contribution in [0.25, 0.3) is 11.0 Å². The van der Waals surface area contributed by atoms with Crippen molar-refractivity contribution in [1.82, 2.24) is 9.55 Å². The largest absolute Gasteiger partial charge is 0.323 e. The maximum atomic E-state index is 11.5. The van der Waals surface area contributed by atoms with Gasteiger partial charge in [0.1, 0.15) is 27.2 Å². The molecule has 2 rings (SSSR count). The predicted molar refractivity (Wildman–Crippen MR) is 78.4 cm³/mol. The maximum Gasteiger partial charge on any atom is 0.149 e. The van der Waals surface area contributed by atoms with Gasteiger partial charge in [0.15, 0.2) is 0 Å². The van der Waals surface area contributed by atoms with E-state index >= 15 is 0 Å². The summed E-state index contributed by atoms with van der Waals surface area (Å²) in [5.41, 5.74) is 1.75. The topological polar surface area (TPSA) is 75.8 Å². The Labute approximate surface area is 122 Å². The van der Waals surface area contributed by atoms with Crippen molar-refractivity contribution < 1.29 is 8.42 Å². The number of para-hydroxylation sites is 1. The van der Waals surface area contributed by atoms with Gasteiger partial charge in [0.25, 0.3) is 0 Å². The fraction of sp³-hybridized carbons (Fsp3) is 0.385. The number of alkyl halides is 1. The molecule has 1 heterocycles. The van der Waals surface area contributed by atoms with E-state index in [9.17, 15) is 8.42 Å². The molecule has 1 atom stereocenters. The van der Waals surface area contributed by atoms with E-state index in [0.717, 1.165) is 5.52 Å². The quantitative estimate of drug-likeness (QED) is 0.812. The monoisotopic (exact) mass is 311 g/mol. The Balaban J connectivity index is 2.66. The lowest BCUT2D eigenvalue weighted by Gasteiger charge is -2.15. The average Bonchev–Trinajstić information content (AvgIpc) is 2.74. The summed E-state index contributed by atoms with van der Waals surface area (Å²) in [4.78, 5) is 4.37. The van der Waals surface area contributed by atoms with Gasteiger partial charge in [0.2, 0.25) is 0 Å². The highest BCUT2D eigenvalue weighted by molar-refractivity contribution is 7.90. The zero-order valence-electron chi connectivity index (χ0n) is 11.2. The second-order valence-electron chi connectivity index (χ2n) is 4.76. The van der Waals surface area contributed by atoms with Crippen LogP contribution in [0.15, 0.2) is 18.2 Å². The smallest absolute Gasteiger partial charge is 0.149 e. The molecule has 0 aliphatic heterocycles. The number of hydrogen-bond donors (Lipinski definition) is 0. The molecular formula is C13H14ClN3O2S. The van der Waals surface area contributed by atoms with Crippen molar-refractivity contribution in [2.45, 2.75) is 18.8 Å². The Morgan fingerprint density at radius 3 is 2.75 bits per heavy atom. The molecule has 5 nitrogen and oxygen atoms in total. The zero-order valence-corrected chi connectivity index (χ0v) is 12.7. The SMILES string of the molecule is CC(CS(C)(=O)=O)n1c(CCl)nc2c(C#N)cccc21. The van der Waals surface area contributed by atoms with E-state index in [1.54, 1.807) is 23.6 Å². The molecule has 0 saturated carbocycles. The Kier molecular flexibility index (Phi) is 4.02. The second kappa shape index (κ2) is 5.43. The van der Waals surface area contributed by atoms with E-state index in [1.165, 1.54) is 6.26 Å². The van der Waals surface area contributed by atoms with E-state index in [0.29, 0.717) is 16.9 Å².